The normalized spacial score (nSPS) is 16.7. The molecular weight excluding hydrogens is 530 g/mol. The molecule has 41 heavy (non-hydrogen) atoms. The molecule has 0 aromatic heterocycles. The highest BCUT2D eigenvalue weighted by Gasteiger charge is 2.40. The van der Waals surface area contributed by atoms with Crippen molar-refractivity contribution in [3.05, 3.63) is 71.8 Å². The summed E-state index contributed by atoms with van der Waals surface area (Å²) in [7, 11) is 3.18. The Morgan fingerprint density at radius 1 is 1.00 bits per heavy atom. The number of amides is 5. The molecule has 5 amide bonds. The maximum Gasteiger partial charge on any atom is 0.408 e. The summed E-state index contributed by atoms with van der Waals surface area (Å²) in [5.74, 6) is -2.65. The van der Waals surface area contributed by atoms with Gasteiger partial charge in [0.2, 0.25) is 17.7 Å². The smallest absolute Gasteiger partial charge is 0.408 e. The molecule has 220 valence electrons. The molecule has 4 atom stereocenters. The first-order valence-electron chi connectivity index (χ1n) is 13.4. The molecule has 3 rings (SSSR count). The van der Waals surface area contributed by atoms with Gasteiger partial charge < -0.3 is 36.0 Å². The lowest BCUT2D eigenvalue weighted by molar-refractivity contribution is -0.149. The van der Waals surface area contributed by atoms with Crippen LogP contribution in [0.2, 0.25) is 0 Å². The van der Waals surface area contributed by atoms with E-state index in [0.717, 1.165) is 5.56 Å². The highest BCUT2D eigenvalue weighted by atomic mass is 16.5. The van der Waals surface area contributed by atoms with Gasteiger partial charge in [-0.1, -0.05) is 60.7 Å². The zero-order valence-electron chi connectivity index (χ0n) is 23.2. The quantitative estimate of drug-likeness (QED) is 0.286. The zero-order valence-corrected chi connectivity index (χ0v) is 23.2. The standard InChI is InChI=1S/C29H37N5O7/c1-33(2)27(38)23-14-9-15-34(23)28(39)25(36)21(16-19-10-5-3-6-11-19)31-26(37)22(17-24(30)35)32-29(40)41-18-20-12-7-4-8-13-20/h3-8,10-13,21-23,25,36H,9,14-18H2,1-2H3,(H2,30,35)(H,31,37)(H,32,40)/t21-,22-,23-,25?/m0/s1. The number of nitrogens with zero attached hydrogens (tertiary/aromatic N) is 2. The molecule has 2 aromatic rings. The van der Waals surface area contributed by atoms with Gasteiger partial charge in [0.1, 0.15) is 18.7 Å². The number of likely N-dealkylation sites (N-methyl/N-ethyl adjacent to an activating group) is 1. The number of benzene rings is 2. The number of rotatable bonds is 12. The maximum absolute atomic E-state index is 13.4. The molecule has 1 fully saturated rings. The Labute approximate surface area is 238 Å². The summed E-state index contributed by atoms with van der Waals surface area (Å²) in [4.78, 5) is 66.3. The number of nitrogens with one attached hydrogen (secondary N) is 2. The fraction of sp³-hybridized carbons (Fsp3) is 0.414. The van der Waals surface area contributed by atoms with Crippen molar-refractivity contribution in [3.63, 3.8) is 0 Å². The van der Waals surface area contributed by atoms with Crippen LogP contribution in [0.15, 0.2) is 60.7 Å². The van der Waals surface area contributed by atoms with E-state index in [1.165, 1.54) is 9.80 Å². The van der Waals surface area contributed by atoms with Crippen molar-refractivity contribution in [2.45, 2.75) is 56.5 Å². The Hall–Kier alpha value is -4.45. The predicted molar refractivity (Wildman–Crippen MR) is 149 cm³/mol. The molecule has 0 bridgehead atoms. The molecule has 0 aliphatic carbocycles. The Morgan fingerprint density at radius 2 is 1.61 bits per heavy atom. The van der Waals surface area contributed by atoms with Crippen LogP contribution in [0.25, 0.3) is 0 Å². The first-order valence-corrected chi connectivity index (χ1v) is 13.4. The van der Waals surface area contributed by atoms with Gasteiger partial charge >= 0.3 is 6.09 Å². The van der Waals surface area contributed by atoms with Gasteiger partial charge in [-0.2, -0.15) is 0 Å². The van der Waals surface area contributed by atoms with Crippen molar-refractivity contribution in [2.75, 3.05) is 20.6 Å². The number of aliphatic hydroxyl groups is 1. The van der Waals surface area contributed by atoms with E-state index in [-0.39, 0.29) is 25.5 Å². The monoisotopic (exact) mass is 567 g/mol. The van der Waals surface area contributed by atoms with E-state index in [1.807, 2.05) is 6.07 Å². The van der Waals surface area contributed by atoms with Crippen molar-refractivity contribution in [3.8, 4) is 0 Å². The van der Waals surface area contributed by atoms with Crippen LogP contribution < -0.4 is 16.4 Å². The molecule has 1 aliphatic rings. The molecule has 2 aromatic carbocycles. The molecule has 5 N–H and O–H groups in total. The van der Waals surface area contributed by atoms with E-state index in [0.29, 0.717) is 18.4 Å². The number of ether oxygens (including phenoxy) is 1. The topological polar surface area (TPSA) is 171 Å². The number of alkyl carbamates (subject to hydrolysis) is 1. The van der Waals surface area contributed by atoms with Crippen LogP contribution in [0.1, 0.15) is 30.4 Å². The molecule has 1 heterocycles. The summed E-state index contributed by atoms with van der Waals surface area (Å²) >= 11 is 0. The summed E-state index contributed by atoms with van der Waals surface area (Å²) < 4.78 is 5.17. The van der Waals surface area contributed by atoms with Gasteiger partial charge in [-0.15, -0.1) is 0 Å². The lowest BCUT2D eigenvalue weighted by atomic mass is 9.99. The number of nitrogens with two attached hydrogens (primary N) is 1. The van der Waals surface area contributed by atoms with Crippen molar-refractivity contribution in [1.82, 2.24) is 20.4 Å². The Morgan fingerprint density at radius 3 is 2.20 bits per heavy atom. The Kier molecular flexibility index (Phi) is 11.2. The minimum absolute atomic E-state index is 0.0569. The van der Waals surface area contributed by atoms with E-state index in [9.17, 15) is 29.1 Å². The van der Waals surface area contributed by atoms with E-state index in [2.05, 4.69) is 10.6 Å². The fourth-order valence-electron chi connectivity index (χ4n) is 4.64. The molecule has 0 radical (unpaired) electrons. The number of primary amides is 1. The van der Waals surface area contributed by atoms with Gasteiger partial charge in [-0.3, -0.25) is 19.2 Å². The van der Waals surface area contributed by atoms with Crippen molar-refractivity contribution in [2.24, 2.45) is 5.73 Å². The summed E-state index contributed by atoms with van der Waals surface area (Å²) in [5, 5.41) is 16.2. The second-order valence-corrected chi connectivity index (χ2v) is 10.1. The average Bonchev–Trinajstić information content (AvgIpc) is 3.45. The predicted octanol–water partition coefficient (Wildman–Crippen LogP) is 0.324. The number of hydrogen-bond donors (Lipinski definition) is 4. The van der Waals surface area contributed by atoms with E-state index in [1.54, 1.807) is 68.7 Å². The number of carbonyl (C=O) groups excluding carboxylic acids is 5. The molecular formula is C29H37N5O7. The molecule has 0 saturated carbocycles. The largest absolute Gasteiger partial charge is 0.445 e. The van der Waals surface area contributed by atoms with E-state index >= 15 is 0 Å². The third-order valence-electron chi connectivity index (χ3n) is 6.75. The van der Waals surface area contributed by atoms with Gasteiger partial charge in [0.05, 0.1) is 12.5 Å². The SMILES string of the molecule is CN(C)C(=O)[C@@H]1CCCN1C(=O)C(O)[C@H](Cc1ccccc1)NC(=O)[C@H](CC(N)=O)NC(=O)OCc1ccccc1. The number of aliphatic hydroxyl groups excluding tert-OH is 1. The number of carbonyl (C=O) groups is 5. The van der Waals surface area contributed by atoms with Crippen molar-refractivity contribution >= 4 is 29.7 Å². The highest BCUT2D eigenvalue weighted by molar-refractivity contribution is 5.92. The van der Waals surface area contributed by atoms with Crippen LogP contribution in [-0.2, 0) is 36.9 Å². The average molecular weight is 568 g/mol. The maximum atomic E-state index is 13.4. The van der Waals surface area contributed by atoms with Crippen LogP contribution in [-0.4, -0.2) is 89.5 Å². The zero-order chi connectivity index (χ0) is 29.9. The number of likely N-dealkylation sites (tertiary alicyclic amines) is 1. The fourth-order valence-corrected chi connectivity index (χ4v) is 4.64. The van der Waals surface area contributed by atoms with Crippen LogP contribution in [0.5, 0.6) is 0 Å². The molecule has 1 saturated heterocycles. The van der Waals surface area contributed by atoms with Crippen molar-refractivity contribution in [1.29, 1.82) is 0 Å². The molecule has 1 aliphatic heterocycles. The van der Waals surface area contributed by atoms with E-state index in [4.69, 9.17) is 10.5 Å². The Balaban J connectivity index is 1.76. The summed E-state index contributed by atoms with van der Waals surface area (Å²) in [5.41, 5.74) is 6.76. The van der Waals surface area contributed by atoms with Crippen LogP contribution in [0.3, 0.4) is 0 Å². The molecule has 12 heteroatoms. The lowest BCUT2D eigenvalue weighted by Crippen LogP contribution is -2.58. The number of hydrogen-bond acceptors (Lipinski definition) is 7. The third kappa shape index (κ3) is 9.04. The molecule has 12 nitrogen and oxygen atoms in total. The van der Waals surface area contributed by atoms with Crippen LogP contribution in [0, 0.1) is 0 Å². The van der Waals surface area contributed by atoms with Gasteiger partial charge in [-0.25, -0.2) is 4.79 Å². The highest BCUT2D eigenvalue weighted by Crippen LogP contribution is 2.21. The van der Waals surface area contributed by atoms with Gasteiger partial charge in [0, 0.05) is 20.6 Å². The summed E-state index contributed by atoms with van der Waals surface area (Å²) in [6.45, 7) is 0.218. The van der Waals surface area contributed by atoms with Gasteiger partial charge in [0.15, 0.2) is 6.10 Å². The lowest BCUT2D eigenvalue weighted by Gasteiger charge is -2.32. The molecule has 0 spiro atoms. The molecule has 1 unspecified atom stereocenters. The van der Waals surface area contributed by atoms with E-state index < -0.39 is 54.5 Å². The summed E-state index contributed by atoms with van der Waals surface area (Å²) in [6.07, 6.45) is -2.10. The van der Waals surface area contributed by atoms with Crippen molar-refractivity contribution < 1.29 is 33.8 Å². The summed E-state index contributed by atoms with van der Waals surface area (Å²) in [6, 6.07) is 14.5. The van der Waals surface area contributed by atoms with Gasteiger partial charge in [-0.05, 0) is 30.4 Å². The minimum Gasteiger partial charge on any atom is -0.445 e. The van der Waals surface area contributed by atoms with Crippen LogP contribution in [0.4, 0.5) is 4.79 Å². The second kappa shape index (κ2) is 14.8. The second-order valence-electron chi connectivity index (χ2n) is 10.1. The minimum atomic E-state index is -1.71. The van der Waals surface area contributed by atoms with Gasteiger partial charge in [0.25, 0.3) is 5.91 Å². The Bertz CT molecular complexity index is 1210. The van der Waals surface area contributed by atoms with Crippen LogP contribution >= 0.6 is 0 Å². The third-order valence-corrected chi connectivity index (χ3v) is 6.75. The first kappa shape index (κ1) is 31.1. The first-order chi connectivity index (χ1) is 19.6.